The Balaban J connectivity index is 1.77. The third kappa shape index (κ3) is 3.84. The Labute approximate surface area is 187 Å². The first kappa shape index (κ1) is 22.2. The largest absolute Gasteiger partial charge is 0.465 e. The van der Waals surface area contributed by atoms with Crippen molar-refractivity contribution in [1.29, 1.82) is 0 Å². The number of aromatic nitrogens is 1. The lowest BCUT2D eigenvalue weighted by Crippen LogP contribution is -2.38. The van der Waals surface area contributed by atoms with Crippen LogP contribution in [0.3, 0.4) is 0 Å². The molecule has 0 radical (unpaired) electrons. The number of aryl methyl sites for hydroxylation is 1. The molecule has 7 nitrogen and oxygen atoms in total. The molecule has 1 fully saturated rings. The average Bonchev–Trinajstić information content (AvgIpc) is 3.18. The highest BCUT2D eigenvalue weighted by molar-refractivity contribution is 7.89. The van der Waals surface area contributed by atoms with Crippen molar-refractivity contribution in [2.45, 2.75) is 31.6 Å². The molecule has 3 aromatic rings. The Kier molecular flexibility index (Phi) is 5.92. The standard InChI is InChI=1S/C24H26N2O5S/c1-16-10-12-25(13-11-16)32(29,30)18-9-8-17(2)20(14-18)23(27)26-15-21(24(28)31-3)19-6-4-5-7-22(19)26/h4-9,14-16H,10-13H2,1-3H3. The maximum atomic E-state index is 13.5. The SMILES string of the molecule is COC(=O)c1cn(C(=O)c2cc(S(=O)(=O)N3CCC(C)CC3)ccc2C)c2ccccc12. The number of ether oxygens (including phenoxy) is 1. The summed E-state index contributed by atoms with van der Waals surface area (Å²) in [6.45, 7) is 4.84. The van der Waals surface area contributed by atoms with Crippen molar-refractivity contribution in [1.82, 2.24) is 8.87 Å². The van der Waals surface area contributed by atoms with Crippen LogP contribution in [-0.4, -0.2) is 49.4 Å². The minimum Gasteiger partial charge on any atom is -0.465 e. The fraction of sp³-hybridized carbons (Fsp3) is 0.333. The molecule has 8 heteroatoms. The van der Waals surface area contributed by atoms with E-state index in [2.05, 4.69) is 6.92 Å². The molecular formula is C24H26N2O5S. The number of hydrogen-bond donors (Lipinski definition) is 0. The zero-order valence-corrected chi connectivity index (χ0v) is 19.2. The van der Waals surface area contributed by atoms with Gasteiger partial charge in [0.1, 0.15) is 0 Å². The van der Waals surface area contributed by atoms with Crippen molar-refractivity contribution >= 4 is 32.8 Å². The van der Waals surface area contributed by atoms with Crippen LogP contribution in [0.2, 0.25) is 0 Å². The molecule has 1 saturated heterocycles. The number of hydrogen-bond acceptors (Lipinski definition) is 5. The minimum atomic E-state index is -3.70. The van der Waals surface area contributed by atoms with Crippen molar-refractivity contribution in [3.8, 4) is 0 Å². The van der Waals surface area contributed by atoms with Gasteiger partial charge in [0.05, 0.1) is 23.1 Å². The van der Waals surface area contributed by atoms with E-state index in [4.69, 9.17) is 4.74 Å². The summed E-state index contributed by atoms with van der Waals surface area (Å²) >= 11 is 0. The quantitative estimate of drug-likeness (QED) is 0.559. The smallest absolute Gasteiger partial charge is 0.340 e. The van der Waals surface area contributed by atoms with Crippen LogP contribution in [0.4, 0.5) is 0 Å². The Morgan fingerprint density at radius 1 is 1.03 bits per heavy atom. The van der Waals surface area contributed by atoms with Crippen LogP contribution in [0.25, 0.3) is 10.9 Å². The molecule has 0 atom stereocenters. The minimum absolute atomic E-state index is 0.102. The monoisotopic (exact) mass is 454 g/mol. The van der Waals surface area contributed by atoms with Gasteiger partial charge in [-0.25, -0.2) is 13.2 Å². The van der Waals surface area contributed by atoms with Crippen LogP contribution < -0.4 is 0 Å². The van der Waals surface area contributed by atoms with Crippen LogP contribution in [0.5, 0.6) is 0 Å². The lowest BCUT2D eigenvalue weighted by molar-refractivity contribution is 0.0603. The van der Waals surface area contributed by atoms with Crippen LogP contribution in [0, 0.1) is 12.8 Å². The Morgan fingerprint density at radius 2 is 1.72 bits per heavy atom. The van der Waals surface area contributed by atoms with E-state index in [-0.39, 0.29) is 16.0 Å². The molecule has 32 heavy (non-hydrogen) atoms. The zero-order valence-electron chi connectivity index (χ0n) is 18.4. The molecular weight excluding hydrogens is 428 g/mol. The molecule has 0 saturated carbocycles. The molecule has 0 aliphatic carbocycles. The third-order valence-corrected chi connectivity index (χ3v) is 8.05. The van der Waals surface area contributed by atoms with E-state index in [9.17, 15) is 18.0 Å². The highest BCUT2D eigenvalue weighted by Crippen LogP contribution is 2.27. The van der Waals surface area contributed by atoms with Gasteiger partial charge >= 0.3 is 5.97 Å². The fourth-order valence-corrected chi connectivity index (χ4v) is 5.61. The normalized spacial score (nSPS) is 15.7. The van der Waals surface area contributed by atoms with E-state index in [0.717, 1.165) is 12.8 Å². The second-order valence-electron chi connectivity index (χ2n) is 8.29. The number of carbonyl (C=O) groups is 2. The summed E-state index contributed by atoms with van der Waals surface area (Å²) in [7, 11) is -2.41. The van der Waals surface area contributed by atoms with Crippen molar-refractivity contribution < 1.29 is 22.7 Å². The van der Waals surface area contributed by atoms with Gasteiger partial charge in [-0.1, -0.05) is 31.2 Å². The maximum absolute atomic E-state index is 13.5. The van der Waals surface area contributed by atoms with Crippen LogP contribution in [0.15, 0.2) is 53.6 Å². The molecule has 1 aliphatic heterocycles. The zero-order chi connectivity index (χ0) is 23.0. The average molecular weight is 455 g/mol. The molecule has 1 aromatic heterocycles. The van der Waals surface area contributed by atoms with E-state index in [1.165, 1.54) is 28.2 Å². The van der Waals surface area contributed by atoms with Crippen molar-refractivity contribution in [3.05, 3.63) is 65.4 Å². The van der Waals surface area contributed by atoms with Gasteiger partial charge in [-0.3, -0.25) is 9.36 Å². The molecule has 0 spiro atoms. The number of esters is 1. The van der Waals surface area contributed by atoms with E-state index in [1.807, 2.05) is 0 Å². The van der Waals surface area contributed by atoms with Gasteiger partial charge in [-0.15, -0.1) is 0 Å². The number of methoxy groups -OCH3 is 1. The number of carbonyl (C=O) groups excluding carboxylic acids is 2. The maximum Gasteiger partial charge on any atom is 0.340 e. The van der Waals surface area contributed by atoms with E-state index < -0.39 is 21.9 Å². The van der Waals surface area contributed by atoms with Crippen molar-refractivity contribution in [3.63, 3.8) is 0 Å². The Morgan fingerprint density at radius 3 is 2.41 bits per heavy atom. The van der Waals surface area contributed by atoms with Gasteiger partial charge in [0, 0.05) is 30.2 Å². The second-order valence-corrected chi connectivity index (χ2v) is 10.2. The van der Waals surface area contributed by atoms with E-state index in [0.29, 0.717) is 35.5 Å². The lowest BCUT2D eigenvalue weighted by Gasteiger charge is -2.29. The molecule has 0 amide bonds. The summed E-state index contributed by atoms with van der Waals surface area (Å²) in [5.74, 6) is -0.444. The van der Waals surface area contributed by atoms with Gasteiger partial charge in [0.15, 0.2) is 0 Å². The number of fused-ring (bicyclic) bond motifs is 1. The van der Waals surface area contributed by atoms with Crippen LogP contribution in [-0.2, 0) is 14.8 Å². The van der Waals surface area contributed by atoms with Crippen LogP contribution in [0.1, 0.15) is 46.0 Å². The Bertz CT molecular complexity index is 1300. The summed E-state index contributed by atoms with van der Waals surface area (Å²) in [5.41, 5.74) is 1.75. The summed E-state index contributed by atoms with van der Waals surface area (Å²) in [6, 6.07) is 11.7. The molecule has 0 bridgehead atoms. The predicted molar refractivity (Wildman–Crippen MR) is 121 cm³/mol. The summed E-state index contributed by atoms with van der Waals surface area (Å²) in [5, 5.41) is 0.594. The van der Waals surface area contributed by atoms with E-state index in [1.54, 1.807) is 43.3 Å². The number of benzene rings is 2. The number of nitrogens with zero attached hydrogens (tertiary/aromatic N) is 2. The first-order valence-electron chi connectivity index (χ1n) is 10.6. The summed E-state index contributed by atoms with van der Waals surface area (Å²) < 4.78 is 34.1. The third-order valence-electron chi connectivity index (χ3n) is 6.16. The Hall–Kier alpha value is -2.97. The molecule has 168 valence electrons. The number of rotatable bonds is 4. The van der Waals surface area contributed by atoms with Gasteiger partial charge in [0.25, 0.3) is 5.91 Å². The highest BCUT2D eigenvalue weighted by atomic mass is 32.2. The number of piperidine rings is 1. The molecule has 4 rings (SSSR count). The predicted octanol–water partition coefficient (Wildman–Crippen LogP) is 3.85. The molecule has 2 aromatic carbocycles. The van der Waals surface area contributed by atoms with Gasteiger partial charge < -0.3 is 4.74 Å². The molecule has 2 heterocycles. The first-order valence-corrected chi connectivity index (χ1v) is 12.0. The fourth-order valence-electron chi connectivity index (χ4n) is 4.12. The van der Waals surface area contributed by atoms with Crippen molar-refractivity contribution in [2.24, 2.45) is 5.92 Å². The van der Waals surface area contributed by atoms with Crippen molar-refractivity contribution in [2.75, 3.05) is 20.2 Å². The number of sulfonamides is 1. The van der Waals surface area contributed by atoms with Crippen LogP contribution >= 0.6 is 0 Å². The number of para-hydroxylation sites is 1. The van der Waals surface area contributed by atoms with Gasteiger partial charge in [-0.05, 0) is 49.4 Å². The topological polar surface area (TPSA) is 85.7 Å². The summed E-state index contributed by atoms with van der Waals surface area (Å²) in [6.07, 6.45) is 3.09. The van der Waals surface area contributed by atoms with Gasteiger partial charge in [-0.2, -0.15) is 4.31 Å². The lowest BCUT2D eigenvalue weighted by atomic mass is 10.0. The summed E-state index contributed by atoms with van der Waals surface area (Å²) in [4.78, 5) is 25.8. The van der Waals surface area contributed by atoms with E-state index >= 15 is 0 Å². The molecule has 1 aliphatic rings. The second kappa shape index (κ2) is 8.52. The highest BCUT2D eigenvalue weighted by Gasteiger charge is 2.29. The molecule has 0 N–H and O–H groups in total. The van der Waals surface area contributed by atoms with Gasteiger partial charge in [0.2, 0.25) is 10.0 Å². The first-order chi connectivity index (χ1) is 15.2. The molecule has 0 unspecified atom stereocenters.